The minimum absolute atomic E-state index is 0.581. The largest absolute Gasteiger partial charge is 0.360 e. The molecule has 100 valence electrons. The molecule has 1 aliphatic rings. The number of pyridine rings is 1. The smallest absolute Gasteiger partial charge is 0.128 e. The number of anilines is 1. The molecule has 3 heteroatoms. The molecule has 1 aliphatic heterocycles. The monoisotopic (exact) mass is 247 g/mol. The molecule has 2 rings (SSSR count). The van der Waals surface area contributed by atoms with E-state index in [0.29, 0.717) is 6.04 Å². The third-order valence-corrected chi connectivity index (χ3v) is 4.04. The Hall–Kier alpha value is -1.09. The summed E-state index contributed by atoms with van der Waals surface area (Å²) in [6, 6.07) is 4.99. The molecular weight excluding hydrogens is 222 g/mol. The van der Waals surface area contributed by atoms with Crippen LogP contribution in [-0.2, 0) is 0 Å². The molecule has 0 aromatic carbocycles. The number of rotatable bonds is 4. The van der Waals surface area contributed by atoms with Crippen LogP contribution < -0.4 is 4.90 Å². The Bertz CT molecular complexity index is 361. The lowest BCUT2D eigenvalue weighted by Crippen LogP contribution is -2.33. The Labute approximate surface area is 111 Å². The summed E-state index contributed by atoms with van der Waals surface area (Å²) in [5, 5.41) is 0. The van der Waals surface area contributed by atoms with Gasteiger partial charge in [-0.05, 0) is 44.5 Å². The van der Waals surface area contributed by atoms with E-state index in [9.17, 15) is 0 Å². The predicted octanol–water partition coefficient (Wildman–Crippen LogP) is 3.08. The lowest BCUT2D eigenvalue weighted by Gasteiger charge is -2.35. The number of hydrogen-bond acceptors (Lipinski definition) is 3. The summed E-state index contributed by atoms with van der Waals surface area (Å²) in [5.74, 6) is 1.07. The van der Waals surface area contributed by atoms with Gasteiger partial charge in [-0.2, -0.15) is 0 Å². The Morgan fingerprint density at radius 2 is 2.17 bits per heavy atom. The van der Waals surface area contributed by atoms with Gasteiger partial charge in [0.1, 0.15) is 5.82 Å². The molecule has 3 nitrogen and oxygen atoms in total. The Balaban J connectivity index is 2.12. The molecule has 1 aromatic heterocycles. The number of piperidine rings is 1. The molecule has 1 aromatic rings. The highest BCUT2D eigenvalue weighted by Crippen LogP contribution is 2.30. The summed E-state index contributed by atoms with van der Waals surface area (Å²) in [6.45, 7) is 7.77. The van der Waals surface area contributed by atoms with Crippen LogP contribution in [0.25, 0.3) is 0 Å². The average Bonchev–Trinajstić information content (AvgIpc) is 2.46. The molecule has 1 fully saturated rings. The van der Waals surface area contributed by atoms with E-state index in [-0.39, 0.29) is 0 Å². The second kappa shape index (κ2) is 6.19. The van der Waals surface area contributed by atoms with E-state index in [1.54, 1.807) is 0 Å². The minimum Gasteiger partial charge on any atom is -0.360 e. The van der Waals surface area contributed by atoms with Crippen molar-refractivity contribution < 1.29 is 0 Å². The first-order valence-electron chi connectivity index (χ1n) is 7.17. The number of likely N-dealkylation sites (tertiary alicyclic amines) is 1. The maximum atomic E-state index is 4.59. The summed E-state index contributed by atoms with van der Waals surface area (Å²) < 4.78 is 0. The number of aromatic nitrogens is 1. The molecular formula is C15H25N3. The summed E-state index contributed by atoms with van der Waals surface area (Å²) in [7, 11) is 2.08. The van der Waals surface area contributed by atoms with Gasteiger partial charge in [0, 0.05) is 25.8 Å². The van der Waals surface area contributed by atoms with Crippen molar-refractivity contribution in [2.45, 2.75) is 39.2 Å². The van der Waals surface area contributed by atoms with Crippen LogP contribution in [0.15, 0.2) is 18.3 Å². The first kappa shape index (κ1) is 13.3. The first-order chi connectivity index (χ1) is 8.76. The third kappa shape index (κ3) is 2.83. The molecule has 0 bridgehead atoms. The van der Waals surface area contributed by atoms with E-state index in [2.05, 4.69) is 54.0 Å². The van der Waals surface area contributed by atoms with E-state index in [4.69, 9.17) is 0 Å². The third-order valence-electron chi connectivity index (χ3n) is 4.04. The SMILES string of the molecule is CCN(C)c1ccc([C@H]2CCCCN2CC)cn1. The fraction of sp³-hybridized carbons (Fsp3) is 0.667. The second-order valence-corrected chi connectivity index (χ2v) is 5.10. The van der Waals surface area contributed by atoms with Crippen LogP contribution in [0.3, 0.4) is 0 Å². The van der Waals surface area contributed by atoms with Gasteiger partial charge in [0.25, 0.3) is 0 Å². The van der Waals surface area contributed by atoms with Gasteiger partial charge < -0.3 is 4.90 Å². The van der Waals surface area contributed by atoms with Crippen molar-refractivity contribution in [2.75, 3.05) is 31.6 Å². The van der Waals surface area contributed by atoms with Crippen LogP contribution in [0.5, 0.6) is 0 Å². The summed E-state index contributed by atoms with van der Waals surface area (Å²) >= 11 is 0. The molecule has 1 saturated heterocycles. The summed E-state index contributed by atoms with van der Waals surface area (Å²) in [4.78, 5) is 9.33. The summed E-state index contributed by atoms with van der Waals surface area (Å²) in [6.07, 6.45) is 6.03. The first-order valence-corrected chi connectivity index (χ1v) is 7.17. The Morgan fingerprint density at radius 3 is 2.78 bits per heavy atom. The van der Waals surface area contributed by atoms with E-state index in [0.717, 1.165) is 18.9 Å². The highest BCUT2D eigenvalue weighted by atomic mass is 15.2. The standard InChI is InChI=1S/C15H25N3/c1-4-17(3)15-10-9-13(12-16-15)14-8-6-7-11-18(14)5-2/h9-10,12,14H,4-8,11H2,1-3H3/t14-/m1/s1. The average molecular weight is 247 g/mol. The van der Waals surface area contributed by atoms with Gasteiger partial charge in [-0.3, -0.25) is 4.90 Å². The van der Waals surface area contributed by atoms with E-state index >= 15 is 0 Å². The van der Waals surface area contributed by atoms with Gasteiger partial charge in [-0.25, -0.2) is 4.98 Å². The van der Waals surface area contributed by atoms with Crippen LogP contribution >= 0.6 is 0 Å². The quantitative estimate of drug-likeness (QED) is 0.815. The maximum Gasteiger partial charge on any atom is 0.128 e. The van der Waals surface area contributed by atoms with Gasteiger partial charge in [-0.15, -0.1) is 0 Å². The molecule has 0 N–H and O–H groups in total. The maximum absolute atomic E-state index is 4.59. The summed E-state index contributed by atoms with van der Waals surface area (Å²) in [5.41, 5.74) is 1.38. The van der Waals surface area contributed by atoms with E-state index in [1.807, 2.05) is 0 Å². The van der Waals surface area contributed by atoms with E-state index in [1.165, 1.54) is 31.4 Å². The van der Waals surface area contributed by atoms with Crippen molar-refractivity contribution >= 4 is 5.82 Å². The lowest BCUT2D eigenvalue weighted by atomic mass is 9.96. The van der Waals surface area contributed by atoms with Crippen LogP contribution in [-0.4, -0.2) is 36.6 Å². The van der Waals surface area contributed by atoms with Crippen LogP contribution in [0.1, 0.15) is 44.7 Å². The van der Waals surface area contributed by atoms with Crippen molar-refractivity contribution in [3.63, 3.8) is 0 Å². The van der Waals surface area contributed by atoms with Gasteiger partial charge in [-0.1, -0.05) is 19.4 Å². The van der Waals surface area contributed by atoms with Crippen molar-refractivity contribution in [3.05, 3.63) is 23.9 Å². The van der Waals surface area contributed by atoms with Crippen molar-refractivity contribution in [2.24, 2.45) is 0 Å². The van der Waals surface area contributed by atoms with Crippen LogP contribution in [0, 0.1) is 0 Å². The normalized spacial score (nSPS) is 20.9. The fourth-order valence-electron chi connectivity index (χ4n) is 2.73. The minimum atomic E-state index is 0.581. The molecule has 0 aliphatic carbocycles. The molecule has 0 amide bonds. The Morgan fingerprint density at radius 1 is 1.33 bits per heavy atom. The van der Waals surface area contributed by atoms with Crippen molar-refractivity contribution in [1.82, 2.24) is 9.88 Å². The van der Waals surface area contributed by atoms with E-state index < -0.39 is 0 Å². The van der Waals surface area contributed by atoms with Crippen LogP contribution in [0.4, 0.5) is 5.82 Å². The van der Waals surface area contributed by atoms with Crippen LogP contribution in [0.2, 0.25) is 0 Å². The number of nitrogens with zero attached hydrogens (tertiary/aromatic N) is 3. The molecule has 0 radical (unpaired) electrons. The van der Waals surface area contributed by atoms with Crippen molar-refractivity contribution in [3.8, 4) is 0 Å². The fourth-order valence-corrected chi connectivity index (χ4v) is 2.73. The Kier molecular flexibility index (Phi) is 4.59. The second-order valence-electron chi connectivity index (χ2n) is 5.10. The molecule has 2 heterocycles. The highest BCUT2D eigenvalue weighted by Gasteiger charge is 2.22. The molecule has 18 heavy (non-hydrogen) atoms. The molecule has 1 atom stereocenters. The topological polar surface area (TPSA) is 19.4 Å². The van der Waals surface area contributed by atoms with Gasteiger partial charge >= 0.3 is 0 Å². The zero-order valence-corrected chi connectivity index (χ0v) is 11.9. The molecule has 0 saturated carbocycles. The number of hydrogen-bond donors (Lipinski definition) is 0. The predicted molar refractivity (Wildman–Crippen MR) is 77.0 cm³/mol. The molecule has 0 spiro atoms. The zero-order chi connectivity index (χ0) is 13.0. The lowest BCUT2D eigenvalue weighted by molar-refractivity contribution is 0.157. The highest BCUT2D eigenvalue weighted by molar-refractivity contribution is 5.38. The van der Waals surface area contributed by atoms with Gasteiger partial charge in [0.05, 0.1) is 0 Å². The van der Waals surface area contributed by atoms with Gasteiger partial charge in [0.2, 0.25) is 0 Å². The van der Waals surface area contributed by atoms with Gasteiger partial charge in [0.15, 0.2) is 0 Å². The molecule has 0 unspecified atom stereocenters. The zero-order valence-electron chi connectivity index (χ0n) is 11.9. The van der Waals surface area contributed by atoms with Crippen molar-refractivity contribution in [1.29, 1.82) is 0 Å².